The number of hydrogen-bond acceptors (Lipinski definition) is 3. The maximum atomic E-state index is 5.96. The molecule has 0 fully saturated rings. The van der Waals surface area contributed by atoms with E-state index < -0.39 is 0 Å². The van der Waals surface area contributed by atoms with Crippen LogP contribution in [0.4, 0.5) is 0 Å². The van der Waals surface area contributed by atoms with Crippen LogP contribution in [0.5, 0.6) is 0 Å². The largest absolute Gasteiger partial charge is 0.316 e. The molecule has 0 aromatic carbocycles. The van der Waals surface area contributed by atoms with E-state index in [1.165, 1.54) is 96.3 Å². The second kappa shape index (κ2) is 16.5. The molecule has 1 aliphatic rings. The Morgan fingerprint density at radius 3 is 1.92 bits per heavy atom. The Kier molecular flexibility index (Phi) is 14.8. The van der Waals surface area contributed by atoms with Crippen LogP contribution in [-0.4, -0.2) is 30.0 Å². The summed E-state index contributed by atoms with van der Waals surface area (Å²) >= 11 is 0. The van der Waals surface area contributed by atoms with Gasteiger partial charge in [0.15, 0.2) is 0 Å². The quantitative estimate of drug-likeness (QED) is 0.239. The maximum Gasteiger partial charge on any atom is 0.122 e. The van der Waals surface area contributed by atoms with Crippen LogP contribution >= 0.6 is 0 Å². The van der Waals surface area contributed by atoms with Crippen LogP contribution < -0.4 is 5.73 Å². The molecule has 1 rings (SSSR count). The van der Waals surface area contributed by atoms with Gasteiger partial charge < -0.3 is 5.73 Å². The van der Waals surface area contributed by atoms with Crippen molar-refractivity contribution in [1.82, 2.24) is 4.90 Å². The van der Waals surface area contributed by atoms with Crippen molar-refractivity contribution in [2.45, 2.75) is 122 Å². The van der Waals surface area contributed by atoms with Crippen molar-refractivity contribution in [2.24, 2.45) is 10.7 Å². The molecular weight excluding hydrogens is 318 g/mol. The van der Waals surface area contributed by atoms with E-state index in [2.05, 4.69) is 29.0 Å². The first-order chi connectivity index (χ1) is 12.8. The van der Waals surface area contributed by atoms with Crippen LogP contribution in [0.15, 0.2) is 17.1 Å². The van der Waals surface area contributed by atoms with E-state index >= 15 is 0 Å². The van der Waals surface area contributed by atoms with Gasteiger partial charge in [0.05, 0.1) is 6.17 Å². The number of nitrogens with zero attached hydrogens (tertiary/aromatic N) is 2. The number of nitrogens with two attached hydrogens (primary N) is 1. The smallest absolute Gasteiger partial charge is 0.122 e. The highest BCUT2D eigenvalue weighted by Crippen LogP contribution is 2.14. The Balaban J connectivity index is 1.81. The molecule has 1 heterocycles. The standard InChI is InChI=1S/C23H45N3/c1-3-4-5-6-7-8-9-10-11-12-13-14-15-16-17-18-19-23-25-20-21-26(23)22(2)24/h18-20,22-23H,3-17,21,24H2,1-2H3/b19-18+. The summed E-state index contributed by atoms with van der Waals surface area (Å²) in [5.74, 6) is 0. The molecule has 3 heteroatoms. The third kappa shape index (κ3) is 11.9. The summed E-state index contributed by atoms with van der Waals surface area (Å²) in [5, 5.41) is 0. The minimum atomic E-state index is 0.0770. The van der Waals surface area contributed by atoms with E-state index in [4.69, 9.17) is 5.73 Å². The number of rotatable bonds is 17. The van der Waals surface area contributed by atoms with Gasteiger partial charge in [0.25, 0.3) is 0 Å². The fraction of sp³-hybridized carbons (Fsp3) is 0.870. The van der Waals surface area contributed by atoms with Crippen molar-refractivity contribution in [3.8, 4) is 0 Å². The fourth-order valence-corrected chi connectivity index (χ4v) is 3.69. The molecule has 152 valence electrons. The van der Waals surface area contributed by atoms with Crippen LogP contribution in [0.2, 0.25) is 0 Å². The molecule has 3 nitrogen and oxygen atoms in total. The van der Waals surface area contributed by atoms with E-state index in [0.29, 0.717) is 0 Å². The highest BCUT2D eigenvalue weighted by atomic mass is 15.3. The normalized spacial score (nSPS) is 19.0. The van der Waals surface area contributed by atoms with Crippen molar-refractivity contribution in [1.29, 1.82) is 0 Å². The van der Waals surface area contributed by atoms with Crippen LogP contribution in [0.3, 0.4) is 0 Å². The molecule has 0 amide bonds. The third-order valence-corrected chi connectivity index (χ3v) is 5.45. The first-order valence-corrected chi connectivity index (χ1v) is 11.4. The number of unbranched alkanes of at least 4 members (excludes halogenated alkanes) is 14. The van der Waals surface area contributed by atoms with Gasteiger partial charge in [0.1, 0.15) is 6.17 Å². The molecule has 2 unspecified atom stereocenters. The molecule has 0 aromatic rings. The second-order valence-electron chi connectivity index (χ2n) is 8.00. The van der Waals surface area contributed by atoms with E-state index in [1.54, 1.807) is 0 Å². The molecule has 0 saturated heterocycles. The summed E-state index contributed by atoms with van der Waals surface area (Å²) < 4.78 is 0. The lowest BCUT2D eigenvalue weighted by atomic mass is 10.0. The minimum absolute atomic E-state index is 0.0770. The zero-order valence-corrected chi connectivity index (χ0v) is 17.7. The summed E-state index contributed by atoms with van der Waals surface area (Å²) in [6.07, 6.45) is 27.8. The number of aliphatic imine (C=N–C) groups is 1. The van der Waals surface area contributed by atoms with E-state index in [-0.39, 0.29) is 12.3 Å². The summed E-state index contributed by atoms with van der Waals surface area (Å²) in [6.45, 7) is 5.20. The van der Waals surface area contributed by atoms with Gasteiger partial charge in [-0.1, -0.05) is 96.5 Å². The van der Waals surface area contributed by atoms with Gasteiger partial charge in [0, 0.05) is 12.8 Å². The number of hydrogen-bond donors (Lipinski definition) is 1. The monoisotopic (exact) mass is 363 g/mol. The lowest BCUT2D eigenvalue weighted by molar-refractivity contribution is 0.224. The zero-order chi connectivity index (χ0) is 18.9. The summed E-state index contributed by atoms with van der Waals surface area (Å²) in [7, 11) is 0. The van der Waals surface area contributed by atoms with Crippen molar-refractivity contribution >= 4 is 6.21 Å². The highest BCUT2D eigenvalue weighted by molar-refractivity contribution is 5.62. The van der Waals surface area contributed by atoms with Crippen LogP contribution in [0.25, 0.3) is 0 Å². The minimum Gasteiger partial charge on any atom is -0.316 e. The van der Waals surface area contributed by atoms with Gasteiger partial charge in [-0.25, -0.2) is 0 Å². The van der Waals surface area contributed by atoms with E-state index in [0.717, 1.165) is 6.54 Å². The second-order valence-corrected chi connectivity index (χ2v) is 8.00. The SMILES string of the molecule is CCCCCCCCCCCCCCCC/C=C/C1N=CCN1C(C)N. The molecule has 2 N–H and O–H groups in total. The van der Waals surface area contributed by atoms with Crippen LogP contribution in [-0.2, 0) is 0 Å². The molecular formula is C23H45N3. The molecule has 0 saturated carbocycles. The first kappa shape index (κ1) is 23.4. The van der Waals surface area contributed by atoms with Gasteiger partial charge in [-0.05, 0) is 25.8 Å². The zero-order valence-electron chi connectivity index (χ0n) is 17.7. The Hall–Kier alpha value is -0.670. The Bertz CT molecular complexity index is 362. The highest BCUT2D eigenvalue weighted by Gasteiger charge is 2.20. The molecule has 2 atom stereocenters. The van der Waals surface area contributed by atoms with Gasteiger partial charge in [0.2, 0.25) is 0 Å². The Morgan fingerprint density at radius 1 is 0.923 bits per heavy atom. The van der Waals surface area contributed by atoms with Gasteiger partial charge in [-0.15, -0.1) is 0 Å². The molecule has 0 bridgehead atoms. The van der Waals surface area contributed by atoms with Gasteiger partial charge in [-0.3, -0.25) is 9.89 Å². The molecule has 0 aliphatic carbocycles. The van der Waals surface area contributed by atoms with Gasteiger partial charge >= 0.3 is 0 Å². The summed E-state index contributed by atoms with van der Waals surface area (Å²) in [4.78, 5) is 6.69. The van der Waals surface area contributed by atoms with Crippen molar-refractivity contribution in [3.05, 3.63) is 12.2 Å². The van der Waals surface area contributed by atoms with E-state index in [9.17, 15) is 0 Å². The fourth-order valence-electron chi connectivity index (χ4n) is 3.69. The van der Waals surface area contributed by atoms with Crippen molar-refractivity contribution in [2.75, 3.05) is 6.54 Å². The Morgan fingerprint density at radius 2 is 1.42 bits per heavy atom. The average Bonchev–Trinajstić information content (AvgIpc) is 3.10. The van der Waals surface area contributed by atoms with E-state index in [1.807, 2.05) is 13.1 Å². The predicted molar refractivity (Wildman–Crippen MR) is 117 cm³/mol. The van der Waals surface area contributed by atoms with Crippen molar-refractivity contribution < 1.29 is 0 Å². The molecule has 0 radical (unpaired) electrons. The maximum absolute atomic E-state index is 5.96. The molecule has 1 aliphatic heterocycles. The average molecular weight is 364 g/mol. The first-order valence-electron chi connectivity index (χ1n) is 11.4. The predicted octanol–water partition coefficient (Wildman–Crippen LogP) is 6.43. The molecule has 0 aromatic heterocycles. The summed E-state index contributed by atoms with van der Waals surface area (Å²) in [5.41, 5.74) is 5.96. The van der Waals surface area contributed by atoms with Crippen molar-refractivity contribution in [3.63, 3.8) is 0 Å². The van der Waals surface area contributed by atoms with Crippen LogP contribution in [0.1, 0.15) is 110 Å². The third-order valence-electron chi connectivity index (χ3n) is 5.45. The lowest BCUT2D eigenvalue weighted by Crippen LogP contribution is -2.42. The van der Waals surface area contributed by atoms with Gasteiger partial charge in [-0.2, -0.15) is 0 Å². The summed E-state index contributed by atoms with van der Waals surface area (Å²) in [6, 6.07) is 0. The molecule has 0 spiro atoms. The Labute approximate surface area is 163 Å². The lowest BCUT2D eigenvalue weighted by Gasteiger charge is -2.24. The van der Waals surface area contributed by atoms with Crippen LogP contribution in [0, 0.1) is 0 Å². The topological polar surface area (TPSA) is 41.6 Å². The number of allylic oxidation sites excluding steroid dienone is 1. The molecule has 26 heavy (non-hydrogen) atoms.